The first kappa shape index (κ1) is 23.9. The van der Waals surface area contributed by atoms with Gasteiger partial charge in [-0.1, -0.05) is 29.4 Å². The summed E-state index contributed by atoms with van der Waals surface area (Å²) in [6.45, 7) is 9.26. The number of amides is 1. The first-order valence-electron chi connectivity index (χ1n) is 10.5. The number of hydrogen-bond acceptors (Lipinski definition) is 4. The molecule has 0 aliphatic carbocycles. The van der Waals surface area contributed by atoms with Crippen molar-refractivity contribution >= 4 is 12.1 Å². The number of nitrogens with one attached hydrogen (secondary N) is 1. The second kappa shape index (κ2) is 13.1. The van der Waals surface area contributed by atoms with Crippen LogP contribution in [0.2, 0.25) is 0 Å². The first-order valence-corrected chi connectivity index (χ1v) is 10.5. The highest BCUT2D eigenvalue weighted by Gasteiger charge is 2.04. The molecule has 0 heterocycles. The summed E-state index contributed by atoms with van der Waals surface area (Å²) < 4.78 is 11.2. The van der Waals surface area contributed by atoms with Gasteiger partial charge in [-0.25, -0.2) is 5.43 Å². The van der Waals surface area contributed by atoms with Gasteiger partial charge in [0.1, 0.15) is 18.1 Å². The van der Waals surface area contributed by atoms with Gasteiger partial charge in [-0.2, -0.15) is 5.10 Å². The summed E-state index contributed by atoms with van der Waals surface area (Å²) in [5, 5.41) is 4.00. The molecule has 2 aromatic carbocycles. The summed E-state index contributed by atoms with van der Waals surface area (Å²) in [7, 11) is 0. The van der Waals surface area contributed by atoms with Gasteiger partial charge in [0.25, 0.3) is 5.91 Å². The molecule has 2 aromatic rings. The van der Waals surface area contributed by atoms with E-state index >= 15 is 0 Å². The molecular formula is C26H32N2O3. The predicted molar refractivity (Wildman–Crippen MR) is 127 cm³/mol. The van der Waals surface area contributed by atoms with Crippen LogP contribution in [0.4, 0.5) is 0 Å². The number of carbonyl (C=O) groups is 1. The van der Waals surface area contributed by atoms with Gasteiger partial charge in [-0.15, -0.1) is 0 Å². The van der Waals surface area contributed by atoms with E-state index in [0.717, 1.165) is 29.9 Å². The second-order valence-corrected chi connectivity index (χ2v) is 7.44. The van der Waals surface area contributed by atoms with Crippen LogP contribution in [-0.2, 0) is 6.61 Å². The Labute approximate surface area is 185 Å². The molecule has 164 valence electrons. The minimum Gasteiger partial charge on any atom is -0.494 e. The van der Waals surface area contributed by atoms with Crippen molar-refractivity contribution in [1.82, 2.24) is 5.43 Å². The van der Waals surface area contributed by atoms with E-state index in [1.807, 2.05) is 49.4 Å². The van der Waals surface area contributed by atoms with Crippen molar-refractivity contribution in [3.8, 4) is 11.5 Å². The monoisotopic (exact) mass is 420 g/mol. The Hall–Kier alpha value is -3.34. The van der Waals surface area contributed by atoms with Gasteiger partial charge < -0.3 is 9.47 Å². The number of ether oxygens (including phenoxy) is 2. The molecule has 31 heavy (non-hydrogen) atoms. The zero-order chi connectivity index (χ0) is 22.5. The SMILES string of the molecule is CCOc1ccc(OCc2ccc(C(=O)N/N=C\C=C(\C)CCC=C(C)C)cc2)cc1. The third kappa shape index (κ3) is 9.34. The van der Waals surface area contributed by atoms with E-state index in [1.165, 1.54) is 11.1 Å². The zero-order valence-corrected chi connectivity index (χ0v) is 18.9. The lowest BCUT2D eigenvalue weighted by Gasteiger charge is -2.08. The molecule has 0 aliphatic rings. The smallest absolute Gasteiger partial charge is 0.271 e. The lowest BCUT2D eigenvalue weighted by molar-refractivity contribution is 0.0955. The van der Waals surface area contributed by atoms with Crippen LogP contribution in [0.25, 0.3) is 0 Å². The maximum atomic E-state index is 12.2. The Morgan fingerprint density at radius 1 is 0.968 bits per heavy atom. The molecule has 1 amide bonds. The average Bonchev–Trinajstić information content (AvgIpc) is 2.76. The number of hydrazone groups is 1. The number of rotatable bonds is 11. The van der Waals surface area contributed by atoms with Crippen LogP contribution < -0.4 is 14.9 Å². The Bertz CT molecular complexity index is 907. The second-order valence-electron chi connectivity index (χ2n) is 7.44. The number of hydrogen-bond donors (Lipinski definition) is 1. The van der Waals surface area contributed by atoms with E-state index in [0.29, 0.717) is 18.8 Å². The molecule has 0 radical (unpaired) electrons. The fourth-order valence-corrected chi connectivity index (χ4v) is 2.71. The van der Waals surface area contributed by atoms with Gasteiger partial charge in [0.15, 0.2) is 0 Å². The summed E-state index contributed by atoms with van der Waals surface area (Å²) >= 11 is 0. The van der Waals surface area contributed by atoms with Crippen molar-refractivity contribution in [3.63, 3.8) is 0 Å². The normalized spacial score (nSPS) is 11.3. The maximum Gasteiger partial charge on any atom is 0.271 e. The molecule has 0 fully saturated rings. The lowest BCUT2D eigenvalue weighted by Crippen LogP contribution is -2.17. The number of carbonyl (C=O) groups excluding carboxylic acids is 1. The van der Waals surface area contributed by atoms with E-state index in [9.17, 15) is 4.79 Å². The summed E-state index contributed by atoms with van der Waals surface area (Å²) in [4.78, 5) is 12.2. The largest absolute Gasteiger partial charge is 0.494 e. The van der Waals surface area contributed by atoms with E-state index in [-0.39, 0.29) is 5.91 Å². The lowest BCUT2D eigenvalue weighted by atomic mass is 10.1. The summed E-state index contributed by atoms with van der Waals surface area (Å²) in [6.07, 6.45) is 7.74. The standard InChI is InChI=1S/C26H32N2O3/c1-5-30-24-13-15-25(16-14-24)31-19-22-9-11-23(12-10-22)26(29)28-27-18-17-21(4)8-6-7-20(2)3/h7,9-18H,5-6,8,19H2,1-4H3,(H,28,29)/b21-17-,27-18-. The molecule has 0 aliphatic heterocycles. The molecule has 0 bridgehead atoms. The highest BCUT2D eigenvalue weighted by atomic mass is 16.5. The van der Waals surface area contributed by atoms with Gasteiger partial charge in [0.2, 0.25) is 0 Å². The molecule has 2 rings (SSSR count). The number of benzene rings is 2. The van der Waals surface area contributed by atoms with E-state index in [4.69, 9.17) is 9.47 Å². The Morgan fingerprint density at radius 3 is 2.23 bits per heavy atom. The maximum absolute atomic E-state index is 12.2. The van der Waals surface area contributed by atoms with Gasteiger partial charge >= 0.3 is 0 Å². The number of nitrogens with zero attached hydrogens (tertiary/aromatic N) is 1. The molecule has 0 saturated carbocycles. The predicted octanol–water partition coefficient (Wildman–Crippen LogP) is 6.07. The molecule has 0 spiro atoms. The van der Waals surface area contributed by atoms with Crippen LogP contribution >= 0.6 is 0 Å². The van der Waals surface area contributed by atoms with Gasteiger partial charge in [-0.3, -0.25) is 4.79 Å². The first-order chi connectivity index (χ1) is 15.0. The van der Waals surface area contributed by atoms with Crippen LogP contribution in [0.5, 0.6) is 11.5 Å². The van der Waals surface area contributed by atoms with Crippen molar-refractivity contribution in [3.05, 3.63) is 83.0 Å². The molecule has 0 atom stereocenters. The van der Waals surface area contributed by atoms with E-state index in [2.05, 4.69) is 37.4 Å². The van der Waals surface area contributed by atoms with Crippen LogP contribution in [0, 0.1) is 0 Å². The zero-order valence-electron chi connectivity index (χ0n) is 18.9. The fourth-order valence-electron chi connectivity index (χ4n) is 2.71. The van der Waals surface area contributed by atoms with Gasteiger partial charge in [0.05, 0.1) is 6.61 Å². The fraction of sp³-hybridized carbons (Fsp3) is 0.308. The quantitative estimate of drug-likeness (QED) is 0.272. The van der Waals surface area contributed by atoms with Crippen LogP contribution in [0.15, 0.2) is 76.9 Å². The van der Waals surface area contributed by atoms with Crippen LogP contribution in [0.3, 0.4) is 0 Å². The molecular weight excluding hydrogens is 388 g/mol. The van der Waals surface area contributed by atoms with E-state index in [1.54, 1.807) is 18.3 Å². The Morgan fingerprint density at radius 2 is 1.61 bits per heavy atom. The van der Waals surface area contributed by atoms with Crippen LogP contribution in [0.1, 0.15) is 56.5 Å². The van der Waals surface area contributed by atoms with Crippen molar-refractivity contribution in [1.29, 1.82) is 0 Å². The van der Waals surface area contributed by atoms with Crippen molar-refractivity contribution < 1.29 is 14.3 Å². The van der Waals surface area contributed by atoms with Crippen molar-refractivity contribution in [2.24, 2.45) is 5.10 Å². The highest BCUT2D eigenvalue weighted by molar-refractivity contribution is 5.94. The van der Waals surface area contributed by atoms with Crippen molar-refractivity contribution in [2.45, 2.75) is 47.1 Å². The Kier molecular flexibility index (Phi) is 10.1. The molecule has 0 aromatic heterocycles. The molecule has 1 N–H and O–H groups in total. The third-order valence-corrected chi connectivity index (χ3v) is 4.45. The van der Waals surface area contributed by atoms with Crippen molar-refractivity contribution in [2.75, 3.05) is 6.61 Å². The minimum absolute atomic E-state index is 0.245. The molecule has 0 saturated heterocycles. The topological polar surface area (TPSA) is 59.9 Å². The average molecular weight is 421 g/mol. The number of allylic oxidation sites excluding steroid dienone is 4. The van der Waals surface area contributed by atoms with E-state index < -0.39 is 0 Å². The minimum atomic E-state index is -0.245. The highest BCUT2D eigenvalue weighted by Crippen LogP contribution is 2.18. The summed E-state index contributed by atoms with van der Waals surface area (Å²) in [5.41, 5.74) is 6.61. The van der Waals surface area contributed by atoms with Gasteiger partial charge in [0, 0.05) is 11.8 Å². The summed E-state index contributed by atoms with van der Waals surface area (Å²) in [5.74, 6) is 1.34. The Balaban J connectivity index is 1.78. The molecule has 0 unspecified atom stereocenters. The van der Waals surface area contributed by atoms with Gasteiger partial charge in [-0.05, 0) is 88.6 Å². The third-order valence-electron chi connectivity index (χ3n) is 4.45. The molecule has 5 nitrogen and oxygen atoms in total. The van der Waals surface area contributed by atoms with Crippen LogP contribution in [-0.4, -0.2) is 18.7 Å². The molecule has 5 heteroatoms. The summed E-state index contributed by atoms with van der Waals surface area (Å²) in [6, 6.07) is 14.8.